The van der Waals surface area contributed by atoms with E-state index in [1.54, 1.807) is 11.3 Å². The molecular weight excluding hydrogens is 420 g/mol. The van der Waals surface area contributed by atoms with Crippen molar-refractivity contribution in [2.24, 2.45) is 7.05 Å². The minimum Gasteiger partial charge on any atom is -0.413 e. The van der Waals surface area contributed by atoms with Crippen LogP contribution in [-0.2, 0) is 27.2 Å². The van der Waals surface area contributed by atoms with E-state index < -0.39 is 0 Å². The molecule has 0 aliphatic carbocycles. The summed E-state index contributed by atoms with van der Waals surface area (Å²) in [6.07, 6.45) is 3.79. The van der Waals surface area contributed by atoms with E-state index in [0.717, 1.165) is 10.6 Å². The third-order valence-corrected chi connectivity index (χ3v) is 3.48. The van der Waals surface area contributed by atoms with Gasteiger partial charge in [-0.25, -0.2) is 0 Å². The van der Waals surface area contributed by atoms with E-state index >= 15 is 0 Å². The maximum absolute atomic E-state index is 4.36. The summed E-state index contributed by atoms with van der Waals surface area (Å²) in [7, 11) is 2.04. The van der Waals surface area contributed by atoms with Crippen LogP contribution in [0.25, 0.3) is 21.8 Å². The fourth-order valence-corrected chi connectivity index (χ4v) is 2.57. The first kappa shape index (κ1) is 13.2. The molecule has 93 valence electrons. The number of rotatable bonds is 2. The van der Waals surface area contributed by atoms with Crippen LogP contribution in [0.2, 0.25) is 0 Å². The largest absolute Gasteiger partial charge is 0.413 e. The number of benzene rings is 1. The SMILES string of the molecule is Cn1c[c-]c(-c2nccs2)c1-c1ccccc1.[Ir]. The fourth-order valence-electron chi connectivity index (χ4n) is 1.92. The van der Waals surface area contributed by atoms with Gasteiger partial charge in [0.1, 0.15) is 0 Å². The van der Waals surface area contributed by atoms with Gasteiger partial charge in [-0.15, -0.1) is 5.56 Å². The molecule has 3 aromatic rings. The number of nitrogens with zero attached hydrogens (tertiary/aromatic N) is 2. The smallest absolute Gasteiger partial charge is 0.0223 e. The Morgan fingerprint density at radius 2 is 2.00 bits per heavy atom. The Morgan fingerprint density at radius 3 is 2.67 bits per heavy atom. The molecule has 0 spiro atoms. The number of aryl methyl sites for hydroxylation is 1. The van der Waals surface area contributed by atoms with Gasteiger partial charge < -0.3 is 9.55 Å². The second-order valence-corrected chi connectivity index (χ2v) is 4.71. The van der Waals surface area contributed by atoms with Gasteiger partial charge in [-0.2, -0.15) is 17.4 Å². The van der Waals surface area contributed by atoms with Crippen LogP contribution in [0.3, 0.4) is 0 Å². The molecule has 3 rings (SSSR count). The number of hydrogen-bond donors (Lipinski definition) is 0. The van der Waals surface area contributed by atoms with E-state index in [2.05, 4.69) is 27.8 Å². The Balaban J connectivity index is 0.00000120. The van der Waals surface area contributed by atoms with E-state index in [1.807, 2.05) is 43.0 Å². The molecule has 18 heavy (non-hydrogen) atoms. The molecule has 0 aliphatic rings. The molecule has 0 saturated heterocycles. The summed E-state index contributed by atoms with van der Waals surface area (Å²) in [4.78, 5) is 4.36. The molecule has 1 aromatic carbocycles. The molecule has 0 N–H and O–H groups in total. The molecule has 2 aromatic heterocycles. The zero-order valence-corrected chi connectivity index (χ0v) is 13.0. The quantitative estimate of drug-likeness (QED) is 0.567. The first-order chi connectivity index (χ1) is 8.36. The van der Waals surface area contributed by atoms with Crippen LogP contribution in [0.1, 0.15) is 0 Å². The van der Waals surface area contributed by atoms with E-state index in [0.29, 0.717) is 0 Å². The van der Waals surface area contributed by atoms with Crippen LogP contribution in [0.5, 0.6) is 0 Å². The molecule has 0 atom stereocenters. The Bertz CT molecular complexity index is 615. The van der Waals surface area contributed by atoms with Crippen molar-refractivity contribution in [3.05, 3.63) is 54.2 Å². The standard InChI is InChI=1S/C14H11N2S.Ir/c1-16-9-7-12(14-15-8-10-17-14)13(16)11-5-3-2-4-6-11;/h2-6,8-10H,1H3;/q-1;. The Morgan fingerprint density at radius 1 is 1.22 bits per heavy atom. The van der Waals surface area contributed by atoms with Crippen molar-refractivity contribution in [3.8, 4) is 21.8 Å². The molecule has 0 aliphatic heterocycles. The second-order valence-electron chi connectivity index (χ2n) is 3.81. The van der Waals surface area contributed by atoms with Crippen LogP contribution in [-0.4, -0.2) is 9.55 Å². The van der Waals surface area contributed by atoms with Crippen molar-refractivity contribution in [1.82, 2.24) is 9.55 Å². The van der Waals surface area contributed by atoms with Gasteiger partial charge in [-0.1, -0.05) is 47.8 Å². The van der Waals surface area contributed by atoms with E-state index in [1.165, 1.54) is 11.3 Å². The summed E-state index contributed by atoms with van der Waals surface area (Å²) in [5.74, 6) is 0. The van der Waals surface area contributed by atoms with Crippen molar-refractivity contribution < 1.29 is 20.1 Å². The molecular formula is C14H11IrN2S-. The van der Waals surface area contributed by atoms with Crippen molar-refractivity contribution >= 4 is 11.3 Å². The van der Waals surface area contributed by atoms with E-state index in [-0.39, 0.29) is 20.1 Å². The maximum Gasteiger partial charge on any atom is 0.0223 e. The first-order valence-electron chi connectivity index (χ1n) is 5.38. The number of thiazole rings is 1. The zero-order valence-electron chi connectivity index (χ0n) is 9.75. The molecule has 0 fully saturated rings. The van der Waals surface area contributed by atoms with Crippen LogP contribution in [0.4, 0.5) is 0 Å². The Kier molecular flexibility index (Phi) is 4.12. The molecule has 1 radical (unpaired) electrons. The molecule has 2 nitrogen and oxygen atoms in total. The predicted octanol–water partition coefficient (Wildman–Crippen LogP) is 3.61. The number of aromatic nitrogens is 2. The van der Waals surface area contributed by atoms with Crippen molar-refractivity contribution in [2.75, 3.05) is 0 Å². The second kappa shape index (κ2) is 5.61. The topological polar surface area (TPSA) is 17.8 Å². The first-order valence-corrected chi connectivity index (χ1v) is 6.26. The summed E-state index contributed by atoms with van der Waals surface area (Å²) in [6.45, 7) is 0. The third-order valence-electron chi connectivity index (χ3n) is 2.69. The number of hydrogen-bond acceptors (Lipinski definition) is 2. The molecule has 0 bridgehead atoms. The van der Waals surface area contributed by atoms with Crippen LogP contribution in [0, 0.1) is 6.07 Å². The van der Waals surface area contributed by atoms with Crippen molar-refractivity contribution in [1.29, 1.82) is 0 Å². The average Bonchev–Trinajstić information content (AvgIpc) is 2.98. The van der Waals surface area contributed by atoms with Gasteiger partial charge in [-0.05, 0) is 12.4 Å². The van der Waals surface area contributed by atoms with Gasteiger partial charge in [-0.3, -0.25) is 0 Å². The minimum absolute atomic E-state index is 0. The Labute approximate surface area is 124 Å². The normalized spacial score (nSPS) is 10.1. The maximum atomic E-state index is 4.36. The van der Waals surface area contributed by atoms with Crippen molar-refractivity contribution in [2.45, 2.75) is 0 Å². The van der Waals surface area contributed by atoms with Gasteiger partial charge in [0.2, 0.25) is 0 Å². The predicted molar refractivity (Wildman–Crippen MR) is 70.8 cm³/mol. The molecule has 0 amide bonds. The minimum atomic E-state index is 0. The van der Waals surface area contributed by atoms with Gasteiger partial charge in [0.15, 0.2) is 0 Å². The zero-order chi connectivity index (χ0) is 11.7. The van der Waals surface area contributed by atoms with Gasteiger partial charge in [0, 0.05) is 31.3 Å². The average molecular weight is 432 g/mol. The van der Waals surface area contributed by atoms with Crippen LogP contribution in [0.15, 0.2) is 48.1 Å². The molecule has 2 heterocycles. The van der Waals surface area contributed by atoms with Gasteiger partial charge in [0.05, 0.1) is 0 Å². The summed E-state index contributed by atoms with van der Waals surface area (Å²) >= 11 is 1.64. The monoisotopic (exact) mass is 432 g/mol. The summed E-state index contributed by atoms with van der Waals surface area (Å²) in [5, 5.41) is 3.01. The molecule has 0 saturated carbocycles. The van der Waals surface area contributed by atoms with Gasteiger partial charge >= 0.3 is 0 Å². The van der Waals surface area contributed by atoms with Crippen LogP contribution < -0.4 is 0 Å². The molecule has 4 heteroatoms. The Hall–Kier alpha value is -1.22. The fraction of sp³-hybridized carbons (Fsp3) is 0.0714. The summed E-state index contributed by atoms with van der Waals surface area (Å²) < 4.78 is 2.09. The molecule has 0 unspecified atom stereocenters. The van der Waals surface area contributed by atoms with E-state index in [9.17, 15) is 0 Å². The summed E-state index contributed by atoms with van der Waals surface area (Å²) in [6, 6.07) is 13.6. The van der Waals surface area contributed by atoms with Crippen molar-refractivity contribution in [3.63, 3.8) is 0 Å². The van der Waals surface area contributed by atoms with Gasteiger partial charge in [0.25, 0.3) is 0 Å². The van der Waals surface area contributed by atoms with E-state index in [4.69, 9.17) is 0 Å². The summed E-state index contributed by atoms with van der Waals surface area (Å²) in [5.41, 5.74) is 3.44. The van der Waals surface area contributed by atoms with Crippen LogP contribution >= 0.6 is 11.3 Å². The third kappa shape index (κ3) is 2.32.